The number of ether oxygens (including phenoxy) is 1. The highest BCUT2D eigenvalue weighted by Crippen LogP contribution is 2.43. The summed E-state index contributed by atoms with van der Waals surface area (Å²) in [5.74, 6) is 0.0579. The fraction of sp³-hybridized carbons (Fsp3) is 0.591. The number of hydrogen-bond acceptors (Lipinski definition) is 3. The van der Waals surface area contributed by atoms with Gasteiger partial charge >= 0.3 is 0 Å². The first-order valence-corrected chi connectivity index (χ1v) is 10.3. The standard InChI is InChI=1S/C22H28N2O3/c1-27-22-9-8-15(25)13-20(22)24(11-10-22)21(26)14-6-7-17-16-4-2-3-5-18(16)23-19(17)12-14/h6-7,12,15,20,23,25H,2-5,8-11,13H2,1H3. The van der Waals surface area contributed by atoms with Crippen molar-refractivity contribution in [2.24, 2.45) is 0 Å². The number of carbonyl (C=O) groups excluding carboxylic acids is 1. The maximum Gasteiger partial charge on any atom is 0.254 e. The zero-order chi connectivity index (χ0) is 18.6. The van der Waals surface area contributed by atoms with Crippen LogP contribution < -0.4 is 0 Å². The van der Waals surface area contributed by atoms with Crippen LogP contribution in [0.2, 0.25) is 0 Å². The number of likely N-dealkylation sites (tertiary alicyclic amines) is 1. The summed E-state index contributed by atoms with van der Waals surface area (Å²) in [5.41, 5.74) is 4.30. The van der Waals surface area contributed by atoms with Gasteiger partial charge in [-0.25, -0.2) is 0 Å². The average molecular weight is 368 g/mol. The molecule has 3 aliphatic rings. The number of aliphatic hydroxyl groups excluding tert-OH is 1. The Bertz CT molecular complexity index is 889. The van der Waals surface area contributed by atoms with Gasteiger partial charge in [-0.05, 0) is 69.1 Å². The number of carbonyl (C=O) groups is 1. The fourth-order valence-electron chi connectivity index (χ4n) is 5.63. The summed E-state index contributed by atoms with van der Waals surface area (Å²) in [6.45, 7) is 0.698. The highest BCUT2D eigenvalue weighted by Gasteiger charge is 2.52. The molecule has 144 valence electrons. The fourth-order valence-corrected chi connectivity index (χ4v) is 5.63. The van der Waals surface area contributed by atoms with Gasteiger partial charge in [0.15, 0.2) is 0 Å². The zero-order valence-corrected chi connectivity index (χ0v) is 16.0. The SMILES string of the molecule is COC12CCC(O)CC1N(C(=O)c1ccc3c4c([nH]c3c1)CCCC4)CC2. The molecule has 27 heavy (non-hydrogen) atoms. The molecule has 2 aromatic rings. The Morgan fingerprint density at radius 1 is 1.30 bits per heavy atom. The highest BCUT2D eigenvalue weighted by molar-refractivity contribution is 5.99. The number of aromatic amines is 1. The molecule has 2 N–H and O–H groups in total. The van der Waals surface area contributed by atoms with Crippen LogP contribution in [0.3, 0.4) is 0 Å². The smallest absolute Gasteiger partial charge is 0.254 e. The van der Waals surface area contributed by atoms with E-state index in [2.05, 4.69) is 11.1 Å². The predicted molar refractivity (Wildman–Crippen MR) is 104 cm³/mol. The number of aryl methyl sites for hydroxylation is 2. The molecule has 3 atom stereocenters. The summed E-state index contributed by atoms with van der Waals surface area (Å²) in [6, 6.07) is 6.06. The Labute approximate surface area is 159 Å². The number of nitrogens with one attached hydrogen (secondary N) is 1. The molecule has 0 bridgehead atoms. The molecule has 1 aromatic heterocycles. The number of nitrogens with zero attached hydrogens (tertiary/aromatic N) is 1. The monoisotopic (exact) mass is 368 g/mol. The number of aliphatic hydroxyl groups is 1. The molecule has 5 nitrogen and oxygen atoms in total. The van der Waals surface area contributed by atoms with Crippen LogP contribution >= 0.6 is 0 Å². The molecule has 1 saturated heterocycles. The summed E-state index contributed by atoms with van der Waals surface area (Å²) < 4.78 is 5.88. The van der Waals surface area contributed by atoms with Gasteiger partial charge in [-0.1, -0.05) is 6.07 Å². The summed E-state index contributed by atoms with van der Waals surface area (Å²) in [7, 11) is 1.74. The second-order valence-electron chi connectivity index (χ2n) is 8.51. The van der Waals surface area contributed by atoms with Gasteiger partial charge in [0.25, 0.3) is 5.91 Å². The molecule has 2 heterocycles. The van der Waals surface area contributed by atoms with Gasteiger partial charge in [-0.2, -0.15) is 0 Å². The normalized spacial score (nSPS) is 30.4. The molecule has 5 rings (SSSR count). The van der Waals surface area contributed by atoms with Crippen molar-refractivity contribution in [3.63, 3.8) is 0 Å². The van der Waals surface area contributed by atoms with E-state index >= 15 is 0 Å². The van der Waals surface area contributed by atoms with Gasteiger partial charge in [0.1, 0.15) is 0 Å². The first-order chi connectivity index (χ1) is 13.1. The van der Waals surface area contributed by atoms with Gasteiger partial charge in [-0.3, -0.25) is 4.79 Å². The molecule has 1 aromatic carbocycles. The minimum atomic E-state index is -0.343. The molecule has 2 aliphatic carbocycles. The van der Waals surface area contributed by atoms with Crippen molar-refractivity contribution in [1.29, 1.82) is 0 Å². The first-order valence-electron chi connectivity index (χ1n) is 10.3. The van der Waals surface area contributed by atoms with Crippen LogP contribution in [0.1, 0.15) is 60.1 Å². The molecule has 2 fully saturated rings. The van der Waals surface area contributed by atoms with Gasteiger partial charge in [0.2, 0.25) is 0 Å². The molecular formula is C22H28N2O3. The quantitative estimate of drug-likeness (QED) is 0.856. The number of amides is 1. The van der Waals surface area contributed by atoms with Crippen molar-refractivity contribution < 1.29 is 14.6 Å². The number of rotatable bonds is 2. The van der Waals surface area contributed by atoms with E-state index in [0.29, 0.717) is 13.0 Å². The lowest BCUT2D eigenvalue weighted by atomic mass is 9.79. The van der Waals surface area contributed by atoms with Crippen molar-refractivity contribution >= 4 is 16.8 Å². The zero-order valence-electron chi connectivity index (χ0n) is 16.0. The topological polar surface area (TPSA) is 65.6 Å². The molecule has 0 spiro atoms. The second-order valence-corrected chi connectivity index (χ2v) is 8.51. The maximum atomic E-state index is 13.3. The lowest BCUT2D eigenvalue weighted by Crippen LogP contribution is -2.52. The Hall–Kier alpha value is -1.85. The molecule has 0 radical (unpaired) electrons. The summed E-state index contributed by atoms with van der Waals surface area (Å²) in [6.07, 6.45) is 7.42. The van der Waals surface area contributed by atoms with E-state index in [4.69, 9.17) is 4.74 Å². The lowest BCUT2D eigenvalue weighted by molar-refractivity contribution is -0.0824. The Kier molecular flexibility index (Phi) is 4.06. The summed E-state index contributed by atoms with van der Waals surface area (Å²) in [5, 5.41) is 11.4. The number of H-pyrrole nitrogens is 1. The summed E-state index contributed by atoms with van der Waals surface area (Å²) in [4.78, 5) is 18.8. The van der Waals surface area contributed by atoms with Crippen molar-refractivity contribution in [3.05, 3.63) is 35.0 Å². The maximum absolute atomic E-state index is 13.3. The number of fused-ring (bicyclic) bond motifs is 4. The van der Waals surface area contributed by atoms with Crippen molar-refractivity contribution in [2.45, 2.75) is 69.1 Å². The molecule has 5 heteroatoms. The summed E-state index contributed by atoms with van der Waals surface area (Å²) >= 11 is 0. The van der Waals surface area contributed by atoms with E-state index < -0.39 is 0 Å². The minimum absolute atomic E-state index is 0.0358. The number of hydrogen-bond donors (Lipinski definition) is 2. The van der Waals surface area contributed by atoms with Crippen LogP contribution in [0.15, 0.2) is 18.2 Å². The van der Waals surface area contributed by atoms with Crippen molar-refractivity contribution in [3.8, 4) is 0 Å². The molecule has 1 amide bonds. The van der Waals surface area contributed by atoms with E-state index in [0.717, 1.165) is 43.2 Å². The third-order valence-electron chi connectivity index (χ3n) is 7.17. The van der Waals surface area contributed by atoms with Crippen molar-refractivity contribution in [2.75, 3.05) is 13.7 Å². The first kappa shape index (κ1) is 17.3. The molecule has 1 aliphatic heterocycles. The van der Waals surface area contributed by atoms with Crippen LogP contribution in [0.25, 0.3) is 10.9 Å². The van der Waals surface area contributed by atoms with Crippen molar-refractivity contribution in [1.82, 2.24) is 9.88 Å². The Morgan fingerprint density at radius 3 is 3.00 bits per heavy atom. The highest BCUT2D eigenvalue weighted by atomic mass is 16.5. The van der Waals surface area contributed by atoms with Gasteiger partial charge in [0, 0.05) is 35.8 Å². The lowest BCUT2D eigenvalue weighted by Gasteiger charge is -2.42. The van der Waals surface area contributed by atoms with Crippen LogP contribution in [-0.4, -0.2) is 52.3 Å². The Morgan fingerprint density at radius 2 is 2.15 bits per heavy atom. The van der Waals surface area contributed by atoms with Gasteiger partial charge in [-0.15, -0.1) is 0 Å². The van der Waals surface area contributed by atoms with E-state index in [1.807, 2.05) is 17.0 Å². The predicted octanol–water partition coefficient (Wildman–Crippen LogP) is 3.19. The molecule has 3 unspecified atom stereocenters. The molecule has 1 saturated carbocycles. The van der Waals surface area contributed by atoms with Gasteiger partial charge < -0.3 is 19.7 Å². The third kappa shape index (κ3) is 2.63. The second kappa shape index (κ2) is 6.35. The van der Waals surface area contributed by atoms with Crippen LogP contribution in [0.4, 0.5) is 0 Å². The van der Waals surface area contributed by atoms with Gasteiger partial charge in [0.05, 0.1) is 17.7 Å². The number of aromatic nitrogens is 1. The van der Waals surface area contributed by atoms with E-state index in [9.17, 15) is 9.90 Å². The third-order valence-corrected chi connectivity index (χ3v) is 7.17. The van der Waals surface area contributed by atoms with Crippen LogP contribution in [0, 0.1) is 0 Å². The number of methoxy groups -OCH3 is 1. The Balaban J connectivity index is 1.47. The van der Waals surface area contributed by atoms with Crippen LogP contribution in [0.5, 0.6) is 0 Å². The van der Waals surface area contributed by atoms with Crippen LogP contribution in [-0.2, 0) is 17.6 Å². The molecular weight excluding hydrogens is 340 g/mol. The average Bonchev–Trinajstić information content (AvgIpc) is 3.25. The van der Waals surface area contributed by atoms with E-state index in [1.54, 1.807) is 7.11 Å². The number of benzene rings is 1. The minimum Gasteiger partial charge on any atom is -0.393 e. The van der Waals surface area contributed by atoms with E-state index in [-0.39, 0.29) is 23.7 Å². The largest absolute Gasteiger partial charge is 0.393 e. The van der Waals surface area contributed by atoms with E-state index in [1.165, 1.54) is 29.5 Å².